The first-order valence-electron chi connectivity index (χ1n) is 8.08. The minimum atomic E-state index is -1.26. The Kier molecular flexibility index (Phi) is 9.36. The van der Waals surface area contributed by atoms with E-state index in [4.69, 9.17) is 20.4 Å². The highest BCUT2D eigenvalue weighted by Gasteiger charge is 1.98. The molecular weight excluding hydrogens is 396 g/mol. The molecule has 0 aliphatic carbocycles. The van der Waals surface area contributed by atoms with Gasteiger partial charge in [-0.1, -0.05) is 24.3 Å². The van der Waals surface area contributed by atoms with E-state index >= 15 is 0 Å². The van der Waals surface area contributed by atoms with Crippen molar-refractivity contribution in [2.45, 2.75) is 0 Å². The molecule has 0 saturated carbocycles. The van der Waals surface area contributed by atoms with Crippen LogP contribution in [-0.4, -0.2) is 54.3 Å². The van der Waals surface area contributed by atoms with Crippen LogP contribution in [0.15, 0.2) is 72.8 Å². The molecule has 1 heterocycles. The Bertz CT molecular complexity index is 951. The molecule has 10 nitrogen and oxygen atoms in total. The maximum atomic E-state index is 9.55. The van der Waals surface area contributed by atoms with Gasteiger partial charge >= 0.3 is 23.9 Å². The third-order valence-corrected chi connectivity index (χ3v) is 2.98. The Balaban J connectivity index is 0.000000245. The largest absolute Gasteiger partial charge is 0.478 e. The van der Waals surface area contributed by atoms with E-state index in [-0.39, 0.29) is 0 Å². The number of carbonyl (C=O) groups is 4. The molecule has 1 aromatic heterocycles. The fraction of sp³-hybridized carbons (Fsp3) is 0. The van der Waals surface area contributed by atoms with Crippen molar-refractivity contribution in [2.75, 3.05) is 0 Å². The minimum Gasteiger partial charge on any atom is -0.478 e. The number of hydrogen-bond donors (Lipinski definition) is 4. The molecule has 154 valence electrons. The van der Waals surface area contributed by atoms with Gasteiger partial charge in [0.05, 0.1) is 22.1 Å². The first kappa shape index (κ1) is 23.4. The van der Waals surface area contributed by atoms with Crippen LogP contribution in [-0.2, 0) is 19.2 Å². The lowest BCUT2D eigenvalue weighted by molar-refractivity contribution is -0.134. The molecule has 0 bridgehead atoms. The summed E-state index contributed by atoms with van der Waals surface area (Å²) < 4.78 is 0. The molecule has 0 radical (unpaired) electrons. The van der Waals surface area contributed by atoms with Crippen molar-refractivity contribution in [3.8, 4) is 0 Å². The van der Waals surface area contributed by atoms with Crippen LogP contribution in [0.3, 0.4) is 0 Å². The predicted molar refractivity (Wildman–Crippen MR) is 106 cm³/mol. The van der Waals surface area contributed by atoms with Crippen molar-refractivity contribution >= 4 is 45.9 Å². The van der Waals surface area contributed by atoms with E-state index < -0.39 is 23.9 Å². The van der Waals surface area contributed by atoms with Gasteiger partial charge in [0.25, 0.3) is 0 Å². The second-order valence-corrected chi connectivity index (χ2v) is 5.22. The highest BCUT2D eigenvalue weighted by Crippen LogP contribution is 2.14. The number of hydrogen-bond acceptors (Lipinski definition) is 6. The standard InChI is InChI=1S/C12H8N2.2C4H4O4/c1-2-6-10-9(5-1)13-11-7-3-4-8-12(11)14-10;2*5-3(6)1-2-4(7)8/h1-8H;2*1-2H,(H,5,6)(H,7,8)/b;2*2-1-. The molecular formula is C20H16N2O8. The zero-order valence-electron chi connectivity index (χ0n) is 15.2. The number of nitrogens with zero attached hydrogens (tertiary/aromatic N) is 2. The van der Waals surface area contributed by atoms with Crippen LogP contribution in [0.1, 0.15) is 0 Å². The number of aromatic nitrogens is 2. The van der Waals surface area contributed by atoms with E-state index in [0.717, 1.165) is 22.1 Å². The third-order valence-electron chi connectivity index (χ3n) is 2.98. The van der Waals surface area contributed by atoms with Crippen molar-refractivity contribution in [3.63, 3.8) is 0 Å². The maximum absolute atomic E-state index is 9.55. The van der Waals surface area contributed by atoms with Crippen molar-refractivity contribution in [1.82, 2.24) is 9.97 Å². The van der Waals surface area contributed by atoms with Gasteiger partial charge in [0.15, 0.2) is 0 Å². The first-order valence-corrected chi connectivity index (χ1v) is 8.08. The fourth-order valence-electron chi connectivity index (χ4n) is 1.85. The average molecular weight is 412 g/mol. The number of rotatable bonds is 4. The van der Waals surface area contributed by atoms with Gasteiger partial charge in [0, 0.05) is 24.3 Å². The number of carboxylic acid groups (broad SMARTS) is 4. The van der Waals surface area contributed by atoms with Crippen LogP contribution < -0.4 is 0 Å². The van der Waals surface area contributed by atoms with Crippen molar-refractivity contribution in [2.24, 2.45) is 0 Å². The smallest absolute Gasteiger partial charge is 0.328 e. The van der Waals surface area contributed by atoms with Crippen molar-refractivity contribution in [1.29, 1.82) is 0 Å². The number of aliphatic carboxylic acids is 4. The Morgan fingerprint density at radius 3 is 0.867 bits per heavy atom. The second-order valence-electron chi connectivity index (χ2n) is 5.22. The number of para-hydroxylation sites is 4. The van der Waals surface area contributed by atoms with Crippen LogP contribution in [0.2, 0.25) is 0 Å². The summed E-state index contributed by atoms with van der Waals surface area (Å²) in [6.07, 6.45) is 2.23. The zero-order valence-corrected chi connectivity index (χ0v) is 15.2. The summed E-state index contributed by atoms with van der Waals surface area (Å²) in [6.45, 7) is 0. The fourth-order valence-corrected chi connectivity index (χ4v) is 1.85. The molecule has 3 aromatic rings. The molecule has 0 spiro atoms. The number of fused-ring (bicyclic) bond motifs is 2. The summed E-state index contributed by atoms with van der Waals surface area (Å²) in [5.74, 6) is -5.03. The Morgan fingerprint density at radius 1 is 0.500 bits per heavy atom. The topological polar surface area (TPSA) is 175 Å². The van der Waals surface area contributed by atoms with E-state index in [1.54, 1.807) is 0 Å². The summed E-state index contributed by atoms with van der Waals surface area (Å²) in [6, 6.07) is 15.8. The molecule has 4 N–H and O–H groups in total. The third kappa shape index (κ3) is 9.37. The summed E-state index contributed by atoms with van der Waals surface area (Å²) in [7, 11) is 0. The highest BCUT2D eigenvalue weighted by atomic mass is 16.4. The molecule has 0 aliphatic heterocycles. The summed E-state index contributed by atoms with van der Waals surface area (Å²) in [4.78, 5) is 47.2. The molecule has 0 atom stereocenters. The molecule has 30 heavy (non-hydrogen) atoms. The van der Waals surface area contributed by atoms with Crippen molar-refractivity contribution in [3.05, 3.63) is 72.8 Å². The molecule has 0 unspecified atom stereocenters. The van der Waals surface area contributed by atoms with Gasteiger partial charge in [0.2, 0.25) is 0 Å². The van der Waals surface area contributed by atoms with E-state index in [1.165, 1.54) is 0 Å². The molecule has 0 amide bonds. The van der Waals surface area contributed by atoms with Crippen LogP contribution in [0, 0.1) is 0 Å². The molecule has 0 aliphatic rings. The summed E-state index contributed by atoms with van der Waals surface area (Å²) in [5, 5.41) is 31.2. The maximum Gasteiger partial charge on any atom is 0.328 e. The SMILES string of the molecule is O=C(O)/C=C\C(=O)O.O=C(O)/C=C\C(=O)O.c1ccc2nc3ccccc3nc2c1. The highest BCUT2D eigenvalue weighted by molar-refractivity contribution is 5.90. The molecule has 3 rings (SSSR count). The normalized spacial score (nSPS) is 10.1. The van der Waals surface area contributed by atoms with Gasteiger partial charge in [-0.25, -0.2) is 29.1 Å². The predicted octanol–water partition coefficient (Wildman–Crippen LogP) is 2.21. The van der Waals surface area contributed by atoms with E-state index in [1.807, 2.05) is 48.5 Å². The lowest BCUT2D eigenvalue weighted by Gasteiger charge is -1.98. The Morgan fingerprint density at radius 2 is 0.700 bits per heavy atom. The van der Waals surface area contributed by atoms with Gasteiger partial charge in [0.1, 0.15) is 0 Å². The quantitative estimate of drug-likeness (QED) is 0.367. The minimum absolute atomic E-state index is 0.558. The lowest BCUT2D eigenvalue weighted by atomic mass is 10.2. The first-order chi connectivity index (χ1) is 14.2. The van der Waals surface area contributed by atoms with Gasteiger partial charge in [-0.15, -0.1) is 0 Å². The number of benzene rings is 2. The van der Waals surface area contributed by atoms with Crippen LogP contribution in [0.25, 0.3) is 22.1 Å². The van der Waals surface area contributed by atoms with Crippen molar-refractivity contribution < 1.29 is 39.6 Å². The van der Waals surface area contributed by atoms with Gasteiger partial charge < -0.3 is 20.4 Å². The summed E-state index contributed by atoms with van der Waals surface area (Å²) >= 11 is 0. The molecule has 2 aromatic carbocycles. The average Bonchev–Trinajstić information content (AvgIpc) is 2.70. The number of carboxylic acids is 4. The summed E-state index contributed by atoms with van der Waals surface area (Å²) in [5.41, 5.74) is 3.80. The van der Waals surface area contributed by atoms with Gasteiger partial charge in [-0.2, -0.15) is 0 Å². The Labute approximate surface area is 169 Å². The van der Waals surface area contributed by atoms with Crippen LogP contribution in [0.4, 0.5) is 0 Å². The molecule has 0 fully saturated rings. The van der Waals surface area contributed by atoms with Gasteiger partial charge in [-0.05, 0) is 24.3 Å². The van der Waals surface area contributed by atoms with Crippen LogP contribution in [0.5, 0.6) is 0 Å². The lowest BCUT2D eigenvalue weighted by Crippen LogP contribution is -1.91. The van der Waals surface area contributed by atoms with E-state index in [9.17, 15) is 19.2 Å². The zero-order chi connectivity index (χ0) is 22.5. The Hall–Kier alpha value is -4.60. The van der Waals surface area contributed by atoms with Gasteiger partial charge in [-0.3, -0.25) is 0 Å². The van der Waals surface area contributed by atoms with E-state index in [2.05, 4.69) is 9.97 Å². The van der Waals surface area contributed by atoms with E-state index in [0.29, 0.717) is 24.3 Å². The monoisotopic (exact) mass is 412 g/mol. The molecule has 0 saturated heterocycles. The van der Waals surface area contributed by atoms with Crippen LogP contribution >= 0.6 is 0 Å². The molecule has 10 heteroatoms. The second kappa shape index (κ2) is 12.0.